The standard InChI is InChI=1S/C13H18N2O6/c1-8(12(18)20-3)7-15(2)13(19)14-6-9-4-5-10(21-9)11(16)17/h4-5,8H,6-7H2,1-3H3,(H,14,19)(H,16,17). The average Bonchev–Trinajstić information content (AvgIpc) is 2.92. The fraction of sp³-hybridized carbons (Fsp3) is 0.462. The molecule has 0 aliphatic heterocycles. The number of rotatable bonds is 6. The summed E-state index contributed by atoms with van der Waals surface area (Å²) in [5.41, 5.74) is 0. The lowest BCUT2D eigenvalue weighted by Gasteiger charge is -2.20. The maximum Gasteiger partial charge on any atom is 0.371 e. The highest BCUT2D eigenvalue weighted by atomic mass is 16.5. The van der Waals surface area contributed by atoms with Gasteiger partial charge in [-0.2, -0.15) is 0 Å². The van der Waals surface area contributed by atoms with Crippen LogP contribution in [-0.4, -0.2) is 48.7 Å². The molecule has 1 aromatic rings. The van der Waals surface area contributed by atoms with E-state index in [1.807, 2.05) is 0 Å². The van der Waals surface area contributed by atoms with E-state index in [-0.39, 0.29) is 18.8 Å². The fourth-order valence-corrected chi connectivity index (χ4v) is 1.65. The Kier molecular flexibility index (Phi) is 5.77. The molecule has 0 aliphatic carbocycles. The molecule has 1 rings (SSSR count). The highest BCUT2D eigenvalue weighted by Crippen LogP contribution is 2.08. The summed E-state index contributed by atoms with van der Waals surface area (Å²) in [6, 6.07) is 2.38. The second-order valence-corrected chi connectivity index (χ2v) is 4.53. The number of hydrogen-bond donors (Lipinski definition) is 2. The van der Waals surface area contributed by atoms with E-state index in [1.165, 1.54) is 24.1 Å². The van der Waals surface area contributed by atoms with Crippen molar-refractivity contribution in [1.82, 2.24) is 10.2 Å². The van der Waals surface area contributed by atoms with Crippen molar-refractivity contribution in [1.29, 1.82) is 0 Å². The molecular formula is C13H18N2O6. The molecule has 1 atom stereocenters. The molecule has 8 nitrogen and oxygen atoms in total. The summed E-state index contributed by atoms with van der Waals surface area (Å²) in [6.07, 6.45) is 0. The van der Waals surface area contributed by atoms with Crippen LogP contribution in [-0.2, 0) is 16.1 Å². The van der Waals surface area contributed by atoms with Crippen LogP contribution in [0.2, 0.25) is 0 Å². The first kappa shape index (κ1) is 16.5. The Morgan fingerprint density at radius 3 is 2.62 bits per heavy atom. The summed E-state index contributed by atoms with van der Waals surface area (Å²) in [7, 11) is 2.83. The predicted octanol–water partition coefficient (Wildman–Crippen LogP) is 0.928. The monoisotopic (exact) mass is 298 g/mol. The van der Waals surface area contributed by atoms with Gasteiger partial charge in [0.2, 0.25) is 5.76 Å². The van der Waals surface area contributed by atoms with Gasteiger partial charge in [-0.05, 0) is 12.1 Å². The first-order chi connectivity index (χ1) is 9.85. The lowest BCUT2D eigenvalue weighted by atomic mass is 10.2. The van der Waals surface area contributed by atoms with Gasteiger partial charge in [-0.1, -0.05) is 6.92 Å². The van der Waals surface area contributed by atoms with E-state index < -0.39 is 23.9 Å². The van der Waals surface area contributed by atoms with Crippen LogP contribution in [0, 0.1) is 5.92 Å². The molecule has 0 saturated heterocycles. The lowest BCUT2D eigenvalue weighted by molar-refractivity contribution is -0.145. The van der Waals surface area contributed by atoms with Gasteiger partial charge in [-0.3, -0.25) is 4.79 Å². The van der Waals surface area contributed by atoms with Gasteiger partial charge < -0.3 is 24.5 Å². The van der Waals surface area contributed by atoms with Crippen LogP contribution in [0.25, 0.3) is 0 Å². The Hall–Kier alpha value is -2.51. The van der Waals surface area contributed by atoms with Crippen molar-refractivity contribution in [2.75, 3.05) is 20.7 Å². The van der Waals surface area contributed by atoms with Gasteiger partial charge in [-0.25, -0.2) is 9.59 Å². The highest BCUT2D eigenvalue weighted by Gasteiger charge is 2.18. The third kappa shape index (κ3) is 4.83. The van der Waals surface area contributed by atoms with Gasteiger partial charge in [-0.15, -0.1) is 0 Å². The molecule has 1 unspecified atom stereocenters. The fourth-order valence-electron chi connectivity index (χ4n) is 1.65. The van der Waals surface area contributed by atoms with Crippen molar-refractivity contribution >= 4 is 18.0 Å². The number of aromatic carboxylic acids is 1. The molecule has 0 aromatic carbocycles. The molecule has 21 heavy (non-hydrogen) atoms. The lowest BCUT2D eigenvalue weighted by Crippen LogP contribution is -2.40. The maximum absolute atomic E-state index is 11.8. The Bertz CT molecular complexity index is 524. The van der Waals surface area contributed by atoms with E-state index in [9.17, 15) is 14.4 Å². The second-order valence-electron chi connectivity index (χ2n) is 4.53. The minimum absolute atomic E-state index is 0.0586. The van der Waals surface area contributed by atoms with Crippen molar-refractivity contribution < 1.29 is 28.6 Å². The quantitative estimate of drug-likeness (QED) is 0.756. The number of methoxy groups -OCH3 is 1. The van der Waals surface area contributed by atoms with Gasteiger partial charge in [0.25, 0.3) is 0 Å². The summed E-state index contributed by atoms with van der Waals surface area (Å²) in [6.45, 7) is 1.92. The van der Waals surface area contributed by atoms with Crippen LogP contribution in [0.3, 0.4) is 0 Å². The summed E-state index contributed by atoms with van der Waals surface area (Å²) >= 11 is 0. The average molecular weight is 298 g/mol. The number of ether oxygens (including phenoxy) is 1. The smallest absolute Gasteiger partial charge is 0.371 e. The zero-order chi connectivity index (χ0) is 16.0. The maximum atomic E-state index is 11.8. The van der Waals surface area contributed by atoms with Crippen LogP contribution in [0.5, 0.6) is 0 Å². The summed E-state index contributed by atoms with van der Waals surface area (Å²) in [5.74, 6) is -1.86. The Balaban J connectivity index is 2.45. The van der Waals surface area contributed by atoms with Crippen LogP contribution >= 0.6 is 0 Å². The van der Waals surface area contributed by atoms with E-state index in [2.05, 4.69) is 10.1 Å². The van der Waals surface area contributed by atoms with E-state index in [1.54, 1.807) is 14.0 Å². The summed E-state index contributed by atoms with van der Waals surface area (Å²) < 4.78 is 9.58. The number of amides is 2. The molecule has 0 bridgehead atoms. The Labute approximate surface area is 121 Å². The van der Waals surface area contributed by atoms with Crippen LogP contribution in [0.15, 0.2) is 16.5 Å². The number of carboxylic acid groups (broad SMARTS) is 1. The van der Waals surface area contributed by atoms with Crippen molar-refractivity contribution in [2.24, 2.45) is 5.92 Å². The number of nitrogens with zero attached hydrogens (tertiary/aromatic N) is 1. The van der Waals surface area contributed by atoms with Crippen molar-refractivity contribution in [3.8, 4) is 0 Å². The second kappa shape index (κ2) is 7.32. The topological polar surface area (TPSA) is 109 Å². The molecule has 0 saturated carbocycles. The van der Waals surface area contributed by atoms with Crippen LogP contribution < -0.4 is 5.32 Å². The Morgan fingerprint density at radius 1 is 1.43 bits per heavy atom. The van der Waals surface area contributed by atoms with Gasteiger partial charge in [0.05, 0.1) is 19.6 Å². The molecule has 2 amide bonds. The number of carbonyl (C=O) groups excluding carboxylic acids is 2. The number of esters is 1. The van der Waals surface area contributed by atoms with E-state index in [0.717, 1.165) is 0 Å². The molecule has 8 heteroatoms. The molecule has 1 aromatic heterocycles. The number of urea groups is 1. The minimum atomic E-state index is -1.17. The molecular weight excluding hydrogens is 280 g/mol. The number of nitrogens with one attached hydrogen (secondary N) is 1. The van der Waals surface area contributed by atoms with Gasteiger partial charge in [0.15, 0.2) is 0 Å². The molecule has 2 N–H and O–H groups in total. The predicted molar refractivity (Wildman–Crippen MR) is 71.7 cm³/mol. The van der Waals surface area contributed by atoms with Crippen molar-refractivity contribution in [2.45, 2.75) is 13.5 Å². The first-order valence-electron chi connectivity index (χ1n) is 6.24. The van der Waals surface area contributed by atoms with Gasteiger partial charge in [0, 0.05) is 13.6 Å². The summed E-state index contributed by atoms with van der Waals surface area (Å²) in [5, 5.41) is 11.3. The highest BCUT2D eigenvalue weighted by molar-refractivity contribution is 5.84. The van der Waals surface area contributed by atoms with E-state index in [4.69, 9.17) is 9.52 Å². The third-order valence-electron chi connectivity index (χ3n) is 2.78. The molecule has 116 valence electrons. The van der Waals surface area contributed by atoms with Crippen LogP contribution in [0.4, 0.5) is 4.79 Å². The molecule has 0 aliphatic rings. The molecule has 0 fully saturated rings. The normalized spacial score (nSPS) is 11.6. The van der Waals surface area contributed by atoms with E-state index >= 15 is 0 Å². The Morgan fingerprint density at radius 2 is 2.10 bits per heavy atom. The van der Waals surface area contributed by atoms with E-state index in [0.29, 0.717) is 5.76 Å². The number of furan rings is 1. The molecule has 1 heterocycles. The summed E-state index contributed by atoms with van der Waals surface area (Å²) in [4.78, 5) is 35.0. The molecule has 0 radical (unpaired) electrons. The molecule has 0 spiro atoms. The first-order valence-corrected chi connectivity index (χ1v) is 6.24. The zero-order valence-electron chi connectivity index (χ0n) is 12.1. The zero-order valence-corrected chi connectivity index (χ0v) is 12.1. The van der Waals surface area contributed by atoms with Gasteiger partial charge in [0.1, 0.15) is 5.76 Å². The van der Waals surface area contributed by atoms with Crippen molar-refractivity contribution in [3.05, 3.63) is 23.7 Å². The number of hydrogen-bond acceptors (Lipinski definition) is 5. The SMILES string of the molecule is COC(=O)C(C)CN(C)C(=O)NCc1ccc(C(=O)O)o1. The van der Waals surface area contributed by atoms with Crippen molar-refractivity contribution in [3.63, 3.8) is 0 Å². The number of carbonyl (C=O) groups is 3. The minimum Gasteiger partial charge on any atom is -0.475 e. The largest absolute Gasteiger partial charge is 0.475 e. The van der Waals surface area contributed by atoms with Gasteiger partial charge >= 0.3 is 18.0 Å². The van der Waals surface area contributed by atoms with Crippen LogP contribution in [0.1, 0.15) is 23.2 Å². The third-order valence-corrected chi connectivity index (χ3v) is 2.78. The number of carboxylic acids is 1.